The monoisotopic (exact) mass is 503 g/mol. The Bertz CT molecular complexity index is 1340. The average molecular weight is 504 g/mol. The topological polar surface area (TPSA) is 74.4 Å². The fourth-order valence-electron chi connectivity index (χ4n) is 6.03. The van der Waals surface area contributed by atoms with Crippen LogP contribution < -0.4 is 15.3 Å². The van der Waals surface area contributed by atoms with Crippen LogP contribution in [0.5, 0.6) is 5.75 Å². The van der Waals surface area contributed by atoms with Gasteiger partial charge in [-0.15, -0.1) is 0 Å². The molecule has 3 aliphatic heterocycles. The number of rotatable bonds is 5. The lowest BCUT2D eigenvalue weighted by Crippen LogP contribution is -2.37. The molecule has 1 aromatic carbocycles. The Morgan fingerprint density at radius 2 is 1.92 bits per heavy atom. The lowest BCUT2D eigenvalue weighted by Gasteiger charge is -2.26. The number of nitrogens with zero attached hydrogens (tertiary/aromatic N) is 5. The van der Waals surface area contributed by atoms with Crippen molar-refractivity contribution in [1.29, 1.82) is 0 Å². The number of fused-ring (bicyclic) bond motifs is 3. The summed E-state index contributed by atoms with van der Waals surface area (Å²) in [6, 6.07) is 4.89. The van der Waals surface area contributed by atoms with Crippen LogP contribution in [-0.2, 0) is 24.5 Å². The van der Waals surface area contributed by atoms with E-state index < -0.39 is 11.7 Å². The Hall–Kier alpha value is -3.08. The van der Waals surface area contributed by atoms with E-state index in [-0.39, 0.29) is 30.0 Å². The zero-order valence-electron chi connectivity index (χ0n) is 20.2. The maximum atomic E-state index is 13.0. The van der Waals surface area contributed by atoms with Crippen molar-refractivity contribution in [3.8, 4) is 5.75 Å². The second kappa shape index (κ2) is 8.50. The fourth-order valence-corrected chi connectivity index (χ4v) is 6.03. The summed E-state index contributed by atoms with van der Waals surface area (Å²) in [6.07, 6.45) is -0.00314. The lowest BCUT2D eigenvalue weighted by molar-refractivity contribution is -0.137. The number of imidazole rings is 1. The van der Waals surface area contributed by atoms with Crippen molar-refractivity contribution >= 4 is 17.0 Å². The molecule has 4 atom stereocenters. The van der Waals surface area contributed by atoms with Gasteiger partial charge in [0.2, 0.25) is 0 Å². The second-order valence-electron chi connectivity index (χ2n) is 9.97. The number of anilines is 1. The molecule has 3 saturated heterocycles. The largest absolute Gasteiger partial charge is 0.488 e. The molecule has 2 aromatic heterocycles. The van der Waals surface area contributed by atoms with Crippen molar-refractivity contribution < 1.29 is 22.6 Å². The SMILES string of the molecule is Cc1nc2c(N3C4CCC3[C@@H](Oc3ccc(C(F)(F)F)cc3)C4)nc(=O)n(C)c2n1C[C@@H]1CCCO1. The van der Waals surface area contributed by atoms with Gasteiger partial charge in [0.25, 0.3) is 0 Å². The van der Waals surface area contributed by atoms with E-state index >= 15 is 0 Å². The van der Waals surface area contributed by atoms with Gasteiger partial charge in [-0.1, -0.05) is 0 Å². The summed E-state index contributed by atoms with van der Waals surface area (Å²) in [4.78, 5) is 24.4. The van der Waals surface area contributed by atoms with Gasteiger partial charge in [-0.25, -0.2) is 9.78 Å². The number of hydrogen-bond donors (Lipinski definition) is 0. The van der Waals surface area contributed by atoms with E-state index in [4.69, 9.17) is 14.5 Å². The van der Waals surface area contributed by atoms with Gasteiger partial charge in [-0.05, 0) is 56.9 Å². The molecule has 8 nitrogen and oxygen atoms in total. The first kappa shape index (κ1) is 23.3. The minimum absolute atomic E-state index is 0.0382. The van der Waals surface area contributed by atoms with Crippen molar-refractivity contribution in [1.82, 2.24) is 19.1 Å². The van der Waals surface area contributed by atoms with Crippen molar-refractivity contribution in [2.45, 2.75) is 76.0 Å². The number of alkyl halides is 3. The second-order valence-corrected chi connectivity index (χ2v) is 9.97. The molecule has 0 spiro atoms. The number of aryl methyl sites for hydroxylation is 2. The highest BCUT2D eigenvalue weighted by Crippen LogP contribution is 2.44. The Labute approximate surface area is 205 Å². The predicted molar refractivity (Wildman–Crippen MR) is 126 cm³/mol. The summed E-state index contributed by atoms with van der Waals surface area (Å²) in [6.45, 7) is 3.31. The molecule has 0 saturated carbocycles. The molecule has 0 radical (unpaired) electrons. The Morgan fingerprint density at radius 1 is 1.14 bits per heavy atom. The van der Waals surface area contributed by atoms with Gasteiger partial charge in [0.1, 0.15) is 28.8 Å². The standard InChI is InChI=1S/C25H28F3N5O3/c1-14-29-21-22(30-24(34)31(2)23(21)32(14)13-18-4-3-11-35-18)33-16-7-10-19(33)20(12-16)36-17-8-5-15(6-9-17)25(26,27)28/h5-6,8-9,16,18-20H,3-4,7,10-13H2,1-2H3/t16?,18-,19?,20-/m0/s1. The molecule has 3 fully saturated rings. The van der Waals surface area contributed by atoms with Crippen LogP contribution in [0.2, 0.25) is 0 Å². The molecule has 2 bridgehead atoms. The Balaban J connectivity index is 1.32. The first-order valence-electron chi connectivity index (χ1n) is 12.4. The van der Waals surface area contributed by atoms with E-state index in [0.29, 0.717) is 30.0 Å². The number of benzene rings is 1. The highest BCUT2D eigenvalue weighted by molar-refractivity contribution is 5.85. The van der Waals surface area contributed by atoms with Crippen LogP contribution in [0.1, 0.15) is 43.5 Å². The number of aromatic nitrogens is 4. The normalized spacial score (nSPS) is 25.9. The highest BCUT2D eigenvalue weighted by Gasteiger charge is 2.49. The van der Waals surface area contributed by atoms with Gasteiger partial charge >= 0.3 is 11.9 Å². The molecule has 0 N–H and O–H groups in total. The molecule has 3 aliphatic rings. The van der Waals surface area contributed by atoms with Crippen molar-refractivity contribution in [2.24, 2.45) is 7.05 Å². The molecule has 192 valence electrons. The summed E-state index contributed by atoms with van der Waals surface area (Å²) in [5.74, 6) is 1.77. The molecular weight excluding hydrogens is 475 g/mol. The van der Waals surface area contributed by atoms with Crippen LogP contribution >= 0.6 is 0 Å². The third kappa shape index (κ3) is 3.84. The minimum Gasteiger partial charge on any atom is -0.488 e. The maximum Gasteiger partial charge on any atom is 0.416 e. The van der Waals surface area contributed by atoms with Gasteiger partial charge < -0.3 is 18.9 Å². The van der Waals surface area contributed by atoms with Crippen molar-refractivity contribution in [3.63, 3.8) is 0 Å². The fraction of sp³-hybridized carbons (Fsp3) is 0.560. The van der Waals surface area contributed by atoms with E-state index in [2.05, 4.69) is 9.88 Å². The molecule has 0 amide bonds. The predicted octanol–water partition coefficient (Wildman–Crippen LogP) is 3.82. The van der Waals surface area contributed by atoms with Crippen LogP contribution in [0.25, 0.3) is 11.2 Å². The molecule has 6 rings (SSSR count). The lowest BCUT2D eigenvalue weighted by atomic mass is 9.98. The smallest absolute Gasteiger partial charge is 0.416 e. The molecule has 36 heavy (non-hydrogen) atoms. The van der Waals surface area contributed by atoms with Gasteiger partial charge in [0.15, 0.2) is 5.82 Å². The van der Waals surface area contributed by atoms with E-state index in [1.165, 1.54) is 12.1 Å². The van der Waals surface area contributed by atoms with Crippen LogP contribution in [0.4, 0.5) is 19.0 Å². The zero-order valence-corrected chi connectivity index (χ0v) is 20.2. The quantitative estimate of drug-likeness (QED) is 0.527. The van der Waals surface area contributed by atoms with E-state index in [1.807, 2.05) is 11.5 Å². The molecular formula is C25H28F3N5O3. The first-order valence-corrected chi connectivity index (χ1v) is 12.4. The maximum absolute atomic E-state index is 13.0. The zero-order chi connectivity index (χ0) is 25.2. The first-order chi connectivity index (χ1) is 17.2. The van der Waals surface area contributed by atoms with Gasteiger partial charge in [0, 0.05) is 26.1 Å². The average Bonchev–Trinajstić information content (AvgIpc) is 3.61. The summed E-state index contributed by atoms with van der Waals surface area (Å²) in [5, 5.41) is 0. The Kier molecular flexibility index (Phi) is 5.51. The summed E-state index contributed by atoms with van der Waals surface area (Å²) in [5.41, 5.74) is 0.354. The van der Waals surface area contributed by atoms with Crippen LogP contribution in [0.3, 0.4) is 0 Å². The number of ether oxygens (including phenoxy) is 2. The van der Waals surface area contributed by atoms with Gasteiger partial charge in [-0.2, -0.15) is 18.2 Å². The van der Waals surface area contributed by atoms with Crippen molar-refractivity contribution in [2.75, 3.05) is 11.5 Å². The summed E-state index contributed by atoms with van der Waals surface area (Å²) < 4.78 is 54.3. The molecule has 3 aromatic rings. The minimum atomic E-state index is -4.39. The molecule has 2 unspecified atom stereocenters. The van der Waals surface area contributed by atoms with E-state index in [9.17, 15) is 18.0 Å². The molecule has 0 aliphatic carbocycles. The number of hydrogen-bond acceptors (Lipinski definition) is 6. The number of halogens is 3. The van der Waals surface area contributed by atoms with E-state index in [1.54, 1.807) is 11.6 Å². The molecule has 11 heteroatoms. The summed E-state index contributed by atoms with van der Waals surface area (Å²) >= 11 is 0. The van der Waals surface area contributed by atoms with Crippen LogP contribution in [-0.4, -0.2) is 50.0 Å². The molecule has 5 heterocycles. The van der Waals surface area contributed by atoms with Gasteiger partial charge in [-0.3, -0.25) is 4.57 Å². The Morgan fingerprint density at radius 3 is 2.61 bits per heavy atom. The van der Waals surface area contributed by atoms with Crippen LogP contribution in [0, 0.1) is 6.92 Å². The van der Waals surface area contributed by atoms with Crippen LogP contribution in [0.15, 0.2) is 29.1 Å². The van der Waals surface area contributed by atoms with E-state index in [0.717, 1.165) is 55.9 Å². The summed E-state index contributed by atoms with van der Waals surface area (Å²) in [7, 11) is 1.71. The third-order valence-corrected chi connectivity index (χ3v) is 7.75. The highest BCUT2D eigenvalue weighted by atomic mass is 19.4. The van der Waals surface area contributed by atoms with Crippen molar-refractivity contribution in [3.05, 3.63) is 46.1 Å². The van der Waals surface area contributed by atoms with Gasteiger partial charge in [0.05, 0.1) is 24.3 Å². The third-order valence-electron chi connectivity index (χ3n) is 7.75.